The van der Waals surface area contributed by atoms with E-state index in [2.05, 4.69) is 15.2 Å². The van der Waals surface area contributed by atoms with Gasteiger partial charge in [0.15, 0.2) is 0 Å². The number of nitrogens with two attached hydrogens (primary N) is 1. The van der Waals surface area contributed by atoms with Gasteiger partial charge >= 0.3 is 0 Å². The van der Waals surface area contributed by atoms with Crippen molar-refractivity contribution >= 4 is 11.3 Å². The summed E-state index contributed by atoms with van der Waals surface area (Å²) in [6.45, 7) is 0.633. The molecular weight excluding hydrogens is 200 g/mol. The van der Waals surface area contributed by atoms with Crippen LogP contribution in [0.3, 0.4) is 0 Å². The first-order valence-corrected chi connectivity index (χ1v) is 5.25. The van der Waals surface area contributed by atoms with E-state index in [0.717, 1.165) is 18.5 Å². The van der Waals surface area contributed by atoms with E-state index in [1.807, 2.05) is 5.38 Å². The summed E-state index contributed by atoms with van der Waals surface area (Å²) >= 11 is 1.50. The first kappa shape index (κ1) is 9.29. The number of nitrogens with zero attached hydrogens (tertiary/aromatic N) is 3. The maximum Gasteiger partial charge on any atom is 0.267 e. The van der Waals surface area contributed by atoms with Gasteiger partial charge in [-0.1, -0.05) is 0 Å². The van der Waals surface area contributed by atoms with E-state index in [-0.39, 0.29) is 0 Å². The minimum atomic E-state index is 0.485. The van der Waals surface area contributed by atoms with Gasteiger partial charge in [0.25, 0.3) is 5.89 Å². The van der Waals surface area contributed by atoms with Crippen LogP contribution >= 0.6 is 11.3 Å². The molecule has 0 radical (unpaired) electrons. The number of aryl methyl sites for hydroxylation is 1. The average Bonchev–Trinajstić information content (AvgIpc) is 2.85. The fraction of sp³-hybridized carbons (Fsp3) is 0.375. The number of aromatic nitrogens is 3. The Hall–Kier alpha value is -1.27. The first-order chi connectivity index (χ1) is 6.90. The normalized spacial score (nSPS) is 10.6. The molecule has 2 heterocycles. The third-order valence-electron chi connectivity index (χ3n) is 1.71. The maximum absolute atomic E-state index is 5.40. The van der Waals surface area contributed by atoms with Crippen molar-refractivity contribution in [2.45, 2.75) is 12.8 Å². The lowest BCUT2D eigenvalue weighted by molar-refractivity contribution is 0.498. The number of hydrogen-bond acceptors (Lipinski definition) is 6. The highest BCUT2D eigenvalue weighted by molar-refractivity contribution is 7.07. The molecule has 74 valence electrons. The topological polar surface area (TPSA) is 77.8 Å². The van der Waals surface area contributed by atoms with Gasteiger partial charge < -0.3 is 10.2 Å². The lowest BCUT2D eigenvalue weighted by Crippen LogP contribution is -2.00. The molecule has 2 rings (SSSR count). The largest absolute Gasteiger partial charge is 0.419 e. The van der Waals surface area contributed by atoms with E-state index in [1.165, 1.54) is 11.3 Å². The van der Waals surface area contributed by atoms with Crippen LogP contribution in [0.4, 0.5) is 0 Å². The fourth-order valence-corrected chi connectivity index (χ4v) is 1.56. The van der Waals surface area contributed by atoms with Gasteiger partial charge in [0.1, 0.15) is 5.69 Å². The Bertz CT molecular complexity index is 384. The number of rotatable bonds is 4. The molecule has 0 saturated carbocycles. The predicted octanol–water partition coefficient (Wildman–Crippen LogP) is 1.08. The summed E-state index contributed by atoms with van der Waals surface area (Å²) < 4.78 is 5.40. The second-order valence-electron chi connectivity index (χ2n) is 2.77. The van der Waals surface area contributed by atoms with E-state index in [1.54, 1.807) is 5.51 Å². The van der Waals surface area contributed by atoms with Crippen LogP contribution in [-0.4, -0.2) is 21.7 Å². The average molecular weight is 210 g/mol. The molecule has 5 nitrogen and oxygen atoms in total. The van der Waals surface area contributed by atoms with E-state index in [0.29, 0.717) is 18.3 Å². The predicted molar refractivity (Wildman–Crippen MR) is 52.8 cm³/mol. The summed E-state index contributed by atoms with van der Waals surface area (Å²) in [6.07, 6.45) is 1.59. The molecule has 0 aromatic carbocycles. The molecule has 0 spiro atoms. The van der Waals surface area contributed by atoms with Crippen LogP contribution in [0, 0.1) is 0 Å². The van der Waals surface area contributed by atoms with Gasteiger partial charge in [0, 0.05) is 11.8 Å². The highest BCUT2D eigenvalue weighted by Crippen LogP contribution is 2.17. The van der Waals surface area contributed by atoms with E-state index < -0.39 is 0 Å². The van der Waals surface area contributed by atoms with Gasteiger partial charge in [-0.2, -0.15) is 0 Å². The third kappa shape index (κ3) is 1.97. The van der Waals surface area contributed by atoms with Gasteiger partial charge in [0.05, 0.1) is 5.51 Å². The Labute approximate surface area is 85.0 Å². The Balaban J connectivity index is 2.10. The molecule has 0 aliphatic heterocycles. The highest BCUT2D eigenvalue weighted by atomic mass is 32.1. The number of hydrogen-bond donors (Lipinski definition) is 1. The van der Waals surface area contributed by atoms with Crippen molar-refractivity contribution in [3.63, 3.8) is 0 Å². The van der Waals surface area contributed by atoms with E-state index in [4.69, 9.17) is 10.2 Å². The van der Waals surface area contributed by atoms with Crippen molar-refractivity contribution < 1.29 is 4.42 Å². The second-order valence-corrected chi connectivity index (χ2v) is 3.49. The summed E-state index contributed by atoms with van der Waals surface area (Å²) in [5, 5.41) is 9.68. The number of thiazole rings is 1. The molecule has 0 bridgehead atoms. The van der Waals surface area contributed by atoms with Crippen molar-refractivity contribution in [3.05, 3.63) is 16.8 Å². The molecule has 14 heavy (non-hydrogen) atoms. The Morgan fingerprint density at radius 3 is 3.07 bits per heavy atom. The van der Waals surface area contributed by atoms with Crippen LogP contribution in [-0.2, 0) is 6.42 Å². The van der Waals surface area contributed by atoms with Crippen molar-refractivity contribution in [2.75, 3.05) is 6.54 Å². The van der Waals surface area contributed by atoms with Crippen LogP contribution < -0.4 is 5.73 Å². The van der Waals surface area contributed by atoms with E-state index >= 15 is 0 Å². The molecule has 6 heteroatoms. The highest BCUT2D eigenvalue weighted by Gasteiger charge is 2.09. The van der Waals surface area contributed by atoms with Crippen molar-refractivity contribution in [1.82, 2.24) is 15.2 Å². The molecular formula is C8H10N4OS. The Morgan fingerprint density at radius 2 is 2.36 bits per heavy atom. The van der Waals surface area contributed by atoms with Gasteiger partial charge in [-0.15, -0.1) is 21.5 Å². The molecule has 0 unspecified atom stereocenters. The smallest absolute Gasteiger partial charge is 0.267 e. The molecule has 2 aromatic heterocycles. The van der Waals surface area contributed by atoms with Crippen molar-refractivity contribution in [2.24, 2.45) is 5.73 Å². The first-order valence-electron chi connectivity index (χ1n) is 4.31. The minimum absolute atomic E-state index is 0.485. The monoisotopic (exact) mass is 210 g/mol. The second kappa shape index (κ2) is 4.30. The van der Waals surface area contributed by atoms with Gasteiger partial charge in [-0.25, -0.2) is 4.98 Å². The van der Waals surface area contributed by atoms with Crippen LogP contribution in [0.5, 0.6) is 0 Å². The van der Waals surface area contributed by atoms with Crippen molar-refractivity contribution in [3.8, 4) is 11.6 Å². The van der Waals surface area contributed by atoms with Gasteiger partial charge in [0.2, 0.25) is 5.89 Å². The molecule has 0 aliphatic rings. The molecule has 0 amide bonds. The minimum Gasteiger partial charge on any atom is -0.419 e. The molecule has 0 saturated heterocycles. The Morgan fingerprint density at radius 1 is 1.43 bits per heavy atom. The quantitative estimate of drug-likeness (QED) is 0.817. The maximum atomic E-state index is 5.40. The summed E-state index contributed by atoms with van der Waals surface area (Å²) in [5.41, 5.74) is 7.85. The summed E-state index contributed by atoms with van der Waals surface area (Å²) in [7, 11) is 0. The SMILES string of the molecule is NCCCc1nnc(-c2cscn2)o1. The third-order valence-corrected chi connectivity index (χ3v) is 2.30. The summed E-state index contributed by atoms with van der Waals surface area (Å²) in [5.74, 6) is 1.11. The summed E-state index contributed by atoms with van der Waals surface area (Å²) in [4.78, 5) is 4.08. The lowest BCUT2D eigenvalue weighted by atomic mass is 10.3. The molecule has 0 atom stereocenters. The van der Waals surface area contributed by atoms with Crippen molar-refractivity contribution in [1.29, 1.82) is 0 Å². The van der Waals surface area contributed by atoms with E-state index in [9.17, 15) is 0 Å². The zero-order valence-electron chi connectivity index (χ0n) is 7.51. The van der Waals surface area contributed by atoms with Crippen LogP contribution in [0.15, 0.2) is 15.3 Å². The molecule has 0 aliphatic carbocycles. The standard InChI is InChI=1S/C8H10N4OS/c9-3-1-2-7-11-12-8(13-7)6-4-14-5-10-6/h4-5H,1-3,9H2. The van der Waals surface area contributed by atoms with Crippen LogP contribution in [0.25, 0.3) is 11.6 Å². The molecule has 2 N–H and O–H groups in total. The zero-order valence-corrected chi connectivity index (χ0v) is 8.33. The fourth-order valence-electron chi connectivity index (χ4n) is 1.03. The summed E-state index contributed by atoms with van der Waals surface area (Å²) in [6, 6.07) is 0. The van der Waals surface area contributed by atoms with Gasteiger partial charge in [-0.3, -0.25) is 0 Å². The lowest BCUT2D eigenvalue weighted by Gasteiger charge is -1.89. The van der Waals surface area contributed by atoms with Crippen LogP contribution in [0.1, 0.15) is 12.3 Å². The molecule has 0 fully saturated rings. The Kier molecular flexibility index (Phi) is 2.85. The zero-order chi connectivity index (χ0) is 9.80. The molecule has 2 aromatic rings. The van der Waals surface area contributed by atoms with Gasteiger partial charge in [-0.05, 0) is 13.0 Å². The van der Waals surface area contributed by atoms with Crippen LogP contribution in [0.2, 0.25) is 0 Å².